The maximum absolute atomic E-state index is 13.4. The molecule has 3 heterocycles. The number of ether oxygens (including phenoxy) is 1. The Morgan fingerprint density at radius 2 is 1.77 bits per heavy atom. The second kappa shape index (κ2) is 11.2. The van der Waals surface area contributed by atoms with Crippen molar-refractivity contribution in [3.8, 4) is 34.1 Å². The molecule has 9 heteroatoms. The normalized spacial score (nSPS) is 11.9. The maximum atomic E-state index is 13.4. The summed E-state index contributed by atoms with van der Waals surface area (Å²) in [7, 11) is 0. The van der Waals surface area contributed by atoms with Gasteiger partial charge in [0.1, 0.15) is 11.4 Å². The van der Waals surface area contributed by atoms with Gasteiger partial charge in [-0.1, -0.05) is 70.9 Å². The molecule has 6 rings (SSSR count). The van der Waals surface area contributed by atoms with Gasteiger partial charge in [0, 0.05) is 27.4 Å². The Bertz CT molecular complexity index is 1910. The molecule has 0 spiro atoms. The van der Waals surface area contributed by atoms with Gasteiger partial charge in [-0.25, -0.2) is 4.68 Å². The lowest BCUT2D eigenvalue weighted by Gasteiger charge is -2.10. The molecule has 0 radical (unpaired) electrons. The van der Waals surface area contributed by atoms with Crippen molar-refractivity contribution in [3.05, 3.63) is 109 Å². The number of aryl methyl sites for hydroxylation is 1. The molecule has 0 atom stereocenters. The molecule has 3 aromatic heterocycles. The molecule has 0 aliphatic carbocycles. The van der Waals surface area contributed by atoms with Crippen LogP contribution in [-0.4, -0.2) is 31.0 Å². The van der Waals surface area contributed by atoms with E-state index in [1.54, 1.807) is 0 Å². The minimum Gasteiger partial charge on any atom is -0.493 e. The van der Waals surface area contributed by atoms with Gasteiger partial charge in [0.2, 0.25) is 4.96 Å². The fourth-order valence-electron chi connectivity index (χ4n) is 4.41. The summed E-state index contributed by atoms with van der Waals surface area (Å²) < 4.78 is 10.7. The first kappa shape index (κ1) is 26.2. The fourth-order valence-corrected chi connectivity index (χ4v) is 5.57. The van der Waals surface area contributed by atoms with Crippen molar-refractivity contribution in [2.45, 2.75) is 26.7 Å². The van der Waals surface area contributed by atoms with Crippen LogP contribution in [0, 0.1) is 6.92 Å². The summed E-state index contributed by atoms with van der Waals surface area (Å²) in [6.07, 6.45) is 5.94. The summed E-state index contributed by atoms with van der Waals surface area (Å²) >= 11 is 4.76. The third-order valence-corrected chi connectivity index (χ3v) is 8.03. The molecule has 6 aromatic rings. The van der Waals surface area contributed by atoms with Gasteiger partial charge in [-0.15, -0.1) is 5.10 Å². The van der Waals surface area contributed by atoms with Gasteiger partial charge in [0.15, 0.2) is 5.82 Å². The van der Waals surface area contributed by atoms with Gasteiger partial charge in [-0.2, -0.15) is 14.6 Å². The Labute approximate surface area is 243 Å². The molecule has 0 N–H and O–H groups in total. The second-order valence-corrected chi connectivity index (χ2v) is 11.4. The lowest BCUT2D eigenvalue weighted by Crippen LogP contribution is -2.23. The number of hydrogen-bond acceptors (Lipinski definition) is 6. The Morgan fingerprint density at radius 1 is 1.00 bits per heavy atom. The van der Waals surface area contributed by atoms with Crippen LogP contribution in [-0.2, 0) is 0 Å². The van der Waals surface area contributed by atoms with Crippen LogP contribution in [0.2, 0.25) is 0 Å². The topological polar surface area (TPSA) is 74.3 Å². The Kier molecular flexibility index (Phi) is 7.32. The number of hydrogen-bond donors (Lipinski definition) is 0. The van der Waals surface area contributed by atoms with Gasteiger partial charge < -0.3 is 4.74 Å². The zero-order chi connectivity index (χ0) is 27.6. The molecular weight excluding hydrogens is 586 g/mol. The van der Waals surface area contributed by atoms with Gasteiger partial charge in [-0.05, 0) is 67.4 Å². The largest absolute Gasteiger partial charge is 0.493 e. The third-order valence-electron chi connectivity index (χ3n) is 6.54. The molecule has 3 aromatic carbocycles. The van der Waals surface area contributed by atoms with E-state index < -0.39 is 0 Å². The molecule has 0 saturated heterocycles. The number of thiazole rings is 1. The van der Waals surface area contributed by atoms with E-state index in [1.165, 1.54) is 15.9 Å². The van der Waals surface area contributed by atoms with E-state index in [0.29, 0.717) is 21.9 Å². The summed E-state index contributed by atoms with van der Waals surface area (Å²) in [6.45, 7) is 4.89. The zero-order valence-electron chi connectivity index (χ0n) is 22.0. The van der Waals surface area contributed by atoms with Crippen molar-refractivity contribution < 1.29 is 4.74 Å². The molecule has 0 aliphatic heterocycles. The van der Waals surface area contributed by atoms with Crippen LogP contribution in [0.5, 0.6) is 5.75 Å². The maximum Gasteiger partial charge on any atom is 0.291 e. The van der Waals surface area contributed by atoms with E-state index in [9.17, 15) is 4.79 Å². The molecular formula is C31H26BrN5O2S. The number of unbranched alkanes of at least 4 members (excludes halogenated alkanes) is 1. The summed E-state index contributed by atoms with van der Waals surface area (Å²) in [4.78, 5) is 18.5. The molecule has 7 nitrogen and oxygen atoms in total. The SMILES string of the molecule is CCCCOc1ccc(-c2nn(-c3ccccc3)cc2/C=c2\sc3nc(-c4ccc(Br)cc4)nn3c2=O)cc1C. The highest BCUT2D eigenvalue weighted by atomic mass is 79.9. The van der Waals surface area contributed by atoms with Crippen LogP contribution in [0.15, 0.2) is 88.3 Å². The first-order valence-electron chi connectivity index (χ1n) is 13.1. The van der Waals surface area contributed by atoms with Crippen molar-refractivity contribution in [3.63, 3.8) is 0 Å². The number of benzene rings is 3. The minimum absolute atomic E-state index is 0.204. The lowest BCUT2D eigenvalue weighted by molar-refractivity contribution is 0.307. The molecule has 0 aliphatic rings. The molecule has 0 fully saturated rings. The number of aromatic nitrogens is 5. The summed E-state index contributed by atoms with van der Waals surface area (Å²) in [5.41, 5.74) is 5.18. The van der Waals surface area contributed by atoms with Crippen LogP contribution in [0.25, 0.3) is 39.4 Å². The molecule has 0 amide bonds. The van der Waals surface area contributed by atoms with Crippen molar-refractivity contribution in [2.24, 2.45) is 0 Å². The van der Waals surface area contributed by atoms with Crippen LogP contribution >= 0.6 is 27.3 Å². The molecule has 40 heavy (non-hydrogen) atoms. The van der Waals surface area contributed by atoms with Crippen molar-refractivity contribution in [2.75, 3.05) is 6.61 Å². The second-order valence-electron chi connectivity index (χ2n) is 9.45. The number of rotatable bonds is 8. The highest BCUT2D eigenvalue weighted by molar-refractivity contribution is 9.10. The van der Waals surface area contributed by atoms with Crippen LogP contribution in [0.3, 0.4) is 0 Å². The highest BCUT2D eigenvalue weighted by Gasteiger charge is 2.16. The average Bonchev–Trinajstić information content (AvgIpc) is 3.66. The Balaban J connectivity index is 1.43. The van der Waals surface area contributed by atoms with E-state index in [1.807, 2.05) is 90.6 Å². The fraction of sp³-hybridized carbons (Fsp3) is 0.161. The predicted molar refractivity (Wildman–Crippen MR) is 163 cm³/mol. The first-order valence-corrected chi connectivity index (χ1v) is 14.7. The first-order chi connectivity index (χ1) is 19.5. The molecule has 200 valence electrons. The number of para-hydroxylation sites is 1. The Hall–Kier alpha value is -4.08. The van der Waals surface area contributed by atoms with Gasteiger partial charge in [-0.3, -0.25) is 4.79 Å². The summed E-state index contributed by atoms with van der Waals surface area (Å²) in [5, 5.41) is 9.42. The number of nitrogens with zero attached hydrogens (tertiary/aromatic N) is 5. The van der Waals surface area contributed by atoms with Crippen molar-refractivity contribution >= 4 is 38.3 Å². The highest BCUT2D eigenvalue weighted by Crippen LogP contribution is 2.29. The van der Waals surface area contributed by atoms with E-state index >= 15 is 0 Å². The standard InChI is InChI=1S/C31H26BrN5O2S/c1-3-4-16-39-26-15-12-22(17-20(26)2)28-23(19-36(34-28)25-8-6-5-7-9-25)18-27-30(38)37-31(40-27)33-29(35-37)21-10-13-24(32)14-11-21/h5-15,17-19H,3-4,16H2,1-2H3/b27-18-. The van der Waals surface area contributed by atoms with Crippen LogP contribution < -0.4 is 14.8 Å². The lowest BCUT2D eigenvalue weighted by atomic mass is 10.0. The quantitative estimate of drug-likeness (QED) is 0.184. The monoisotopic (exact) mass is 611 g/mol. The minimum atomic E-state index is -0.204. The zero-order valence-corrected chi connectivity index (χ0v) is 24.4. The van der Waals surface area contributed by atoms with Crippen molar-refractivity contribution in [1.29, 1.82) is 0 Å². The third kappa shape index (κ3) is 5.22. The van der Waals surface area contributed by atoms with Gasteiger partial charge in [0.05, 0.1) is 16.8 Å². The van der Waals surface area contributed by atoms with Crippen molar-refractivity contribution in [1.82, 2.24) is 24.4 Å². The van der Waals surface area contributed by atoms with E-state index in [-0.39, 0.29) is 5.56 Å². The van der Waals surface area contributed by atoms with E-state index in [4.69, 9.17) is 9.84 Å². The van der Waals surface area contributed by atoms with Crippen LogP contribution in [0.1, 0.15) is 30.9 Å². The van der Waals surface area contributed by atoms with Gasteiger partial charge in [0.25, 0.3) is 5.56 Å². The smallest absolute Gasteiger partial charge is 0.291 e. The molecule has 0 saturated carbocycles. The molecule has 0 unspecified atom stereocenters. The van der Waals surface area contributed by atoms with E-state index in [0.717, 1.165) is 56.7 Å². The molecule has 0 bridgehead atoms. The number of fused-ring (bicyclic) bond motifs is 1. The summed E-state index contributed by atoms with van der Waals surface area (Å²) in [5.74, 6) is 1.40. The van der Waals surface area contributed by atoms with Crippen LogP contribution in [0.4, 0.5) is 0 Å². The average molecular weight is 613 g/mol. The number of halogens is 1. The van der Waals surface area contributed by atoms with E-state index in [2.05, 4.69) is 39.0 Å². The predicted octanol–water partition coefficient (Wildman–Crippen LogP) is 6.47. The Morgan fingerprint density at radius 3 is 2.50 bits per heavy atom. The van der Waals surface area contributed by atoms with Gasteiger partial charge >= 0.3 is 0 Å². The summed E-state index contributed by atoms with van der Waals surface area (Å²) in [6, 6.07) is 23.7.